The molecular weight excluding hydrogens is 138 g/mol. The fourth-order valence-corrected chi connectivity index (χ4v) is 0.732. The maximum Gasteiger partial charge on any atom is 0.109 e. The minimum absolute atomic E-state index is 0.333. The zero-order valence-electron chi connectivity index (χ0n) is 4.58. The Labute approximate surface area is 58.1 Å². The molecule has 1 rings (SSSR count). The van der Waals surface area contributed by atoms with Gasteiger partial charge in [-0.25, -0.2) is 0 Å². The lowest BCUT2D eigenvalue weighted by molar-refractivity contribution is 0.318. The molecule has 1 radical (unpaired) electrons. The Hall–Kier alpha value is -0.760. The van der Waals surface area contributed by atoms with Crippen molar-refractivity contribution in [1.29, 1.82) is 0 Å². The van der Waals surface area contributed by atoms with Crippen molar-refractivity contribution in [2.75, 3.05) is 0 Å². The van der Waals surface area contributed by atoms with Gasteiger partial charge in [0.25, 0.3) is 0 Å². The predicted molar refractivity (Wildman–Crippen MR) is 35.8 cm³/mol. The van der Waals surface area contributed by atoms with Crippen LogP contribution in [0.1, 0.15) is 0 Å². The van der Waals surface area contributed by atoms with Crippen molar-refractivity contribution in [3.8, 4) is 0 Å². The molecule has 0 aromatic heterocycles. The van der Waals surface area contributed by atoms with Crippen molar-refractivity contribution in [3.05, 3.63) is 24.3 Å². The van der Waals surface area contributed by atoms with Crippen LogP contribution < -0.4 is 0 Å². The minimum atomic E-state index is -0.333. The number of hydrogen-bond donors (Lipinski definition) is 1. The van der Waals surface area contributed by atoms with Crippen molar-refractivity contribution in [2.24, 2.45) is 5.16 Å². The van der Waals surface area contributed by atoms with Gasteiger partial charge in [-0.15, -0.1) is 11.6 Å². The molecule has 0 fully saturated rings. The Kier molecular flexibility index (Phi) is 1.90. The quantitative estimate of drug-likeness (QED) is 0.309. The lowest BCUT2D eigenvalue weighted by atomic mass is 10.1. The van der Waals surface area contributed by atoms with Gasteiger partial charge in [0, 0.05) is 6.08 Å². The topological polar surface area (TPSA) is 32.6 Å². The van der Waals surface area contributed by atoms with Crippen LogP contribution in [0.15, 0.2) is 23.4 Å². The number of alkyl halides is 1. The van der Waals surface area contributed by atoms with Crippen LogP contribution in [0, 0.1) is 6.08 Å². The van der Waals surface area contributed by atoms with E-state index in [1.807, 2.05) is 0 Å². The molecule has 0 saturated heterocycles. The average molecular weight is 143 g/mol. The minimum Gasteiger partial charge on any atom is -0.411 e. The summed E-state index contributed by atoms with van der Waals surface area (Å²) in [5.74, 6) is 0. The van der Waals surface area contributed by atoms with Crippen molar-refractivity contribution in [3.63, 3.8) is 0 Å². The third-order valence-electron chi connectivity index (χ3n) is 0.976. The molecule has 0 aliphatic heterocycles. The number of hydrogen-bond acceptors (Lipinski definition) is 2. The van der Waals surface area contributed by atoms with Crippen LogP contribution in [0.2, 0.25) is 0 Å². The van der Waals surface area contributed by atoms with Gasteiger partial charge in [0.05, 0.1) is 5.38 Å². The summed E-state index contributed by atoms with van der Waals surface area (Å²) in [7, 11) is 0. The summed E-state index contributed by atoms with van der Waals surface area (Å²) in [6.45, 7) is 0. The van der Waals surface area contributed by atoms with E-state index < -0.39 is 0 Å². The Balaban J connectivity index is 2.78. The largest absolute Gasteiger partial charge is 0.411 e. The highest BCUT2D eigenvalue weighted by Crippen LogP contribution is 2.06. The summed E-state index contributed by atoms with van der Waals surface area (Å²) in [4.78, 5) is 0. The van der Waals surface area contributed by atoms with Crippen molar-refractivity contribution >= 4 is 17.3 Å². The molecular formula is C6H5ClNO. The van der Waals surface area contributed by atoms with Gasteiger partial charge < -0.3 is 5.21 Å². The van der Waals surface area contributed by atoms with Crippen molar-refractivity contribution in [2.45, 2.75) is 5.38 Å². The second-order valence-electron chi connectivity index (χ2n) is 1.58. The van der Waals surface area contributed by atoms with E-state index in [9.17, 15) is 0 Å². The van der Waals surface area contributed by atoms with Gasteiger partial charge in [-0.2, -0.15) is 0 Å². The first-order valence-electron chi connectivity index (χ1n) is 2.47. The van der Waals surface area contributed by atoms with Gasteiger partial charge >= 0.3 is 0 Å². The maximum atomic E-state index is 8.25. The molecule has 47 valence electrons. The normalized spacial score (nSPS) is 29.4. The molecule has 1 unspecified atom stereocenters. The molecule has 9 heavy (non-hydrogen) atoms. The van der Waals surface area contributed by atoms with E-state index in [1.165, 1.54) is 0 Å². The number of halogens is 1. The van der Waals surface area contributed by atoms with Crippen LogP contribution in [-0.2, 0) is 0 Å². The number of rotatable bonds is 0. The van der Waals surface area contributed by atoms with Crippen molar-refractivity contribution < 1.29 is 5.21 Å². The van der Waals surface area contributed by atoms with Crippen LogP contribution >= 0.6 is 11.6 Å². The molecule has 0 aromatic carbocycles. The number of oxime groups is 1. The number of nitrogens with zero attached hydrogens (tertiary/aromatic N) is 1. The second kappa shape index (κ2) is 2.69. The third kappa shape index (κ3) is 1.33. The fourth-order valence-electron chi connectivity index (χ4n) is 0.541. The van der Waals surface area contributed by atoms with E-state index in [-0.39, 0.29) is 5.38 Å². The molecule has 0 saturated carbocycles. The summed E-state index contributed by atoms with van der Waals surface area (Å²) in [6.07, 6.45) is 7.79. The molecule has 1 atom stereocenters. The molecule has 1 aliphatic rings. The SMILES string of the molecule is ON=C1[C]=CC=CC1Cl. The molecule has 1 N–H and O–H groups in total. The van der Waals surface area contributed by atoms with Crippen molar-refractivity contribution in [1.82, 2.24) is 0 Å². The van der Waals surface area contributed by atoms with E-state index in [0.29, 0.717) is 5.71 Å². The van der Waals surface area contributed by atoms with E-state index in [0.717, 1.165) is 0 Å². The second-order valence-corrected chi connectivity index (χ2v) is 2.05. The highest BCUT2D eigenvalue weighted by Gasteiger charge is 2.08. The standard InChI is InChI=1S/C6H5ClNO/c7-5-3-1-2-4-6(5)8-9/h1-3,5,9H. The Morgan fingerprint density at radius 3 is 3.00 bits per heavy atom. The highest BCUT2D eigenvalue weighted by molar-refractivity contribution is 6.35. The highest BCUT2D eigenvalue weighted by atomic mass is 35.5. The predicted octanol–water partition coefficient (Wildman–Crippen LogP) is 1.35. The fraction of sp³-hybridized carbons (Fsp3) is 0.167. The molecule has 0 heterocycles. The summed E-state index contributed by atoms with van der Waals surface area (Å²) in [6, 6.07) is 0. The van der Waals surface area contributed by atoms with Gasteiger partial charge in [0.1, 0.15) is 5.71 Å². The van der Waals surface area contributed by atoms with E-state index in [1.54, 1.807) is 18.2 Å². The van der Waals surface area contributed by atoms with E-state index in [4.69, 9.17) is 16.8 Å². The average Bonchev–Trinajstić information content (AvgIpc) is 1.89. The van der Waals surface area contributed by atoms with Crippen LogP contribution in [0.25, 0.3) is 0 Å². The Morgan fingerprint density at radius 1 is 1.78 bits per heavy atom. The summed E-state index contributed by atoms with van der Waals surface area (Å²) in [5, 5.41) is 10.8. The van der Waals surface area contributed by atoms with Crippen LogP contribution in [0.5, 0.6) is 0 Å². The molecule has 0 aromatic rings. The number of allylic oxidation sites excluding steroid dienone is 4. The molecule has 0 amide bonds. The zero-order chi connectivity index (χ0) is 6.69. The van der Waals surface area contributed by atoms with E-state index >= 15 is 0 Å². The Morgan fingerprint density at radius 2 is 2.56 bits per heavy atom. The van der Waals surface area contributed by atoms with Gasteiger partial charge in [-0.05, 0) is 0 Å². The molecule has 0 bridgehead atoms. The molecule has 3 heteroatoms. The van der Waals surface area contributed by atoms with Crippen LogP contribution in [-0.4, -0.2) is 16.3 Å². The first kappa shape index (κ1) is 6.36. The first-order valence-corrected chi connectivity index (χ1v) is 2.91. The molecule has 1 aliphatic carbocycles. The summed E-state index contributed by atoms with van der Waals surface area (Å²) >= 11 is 5.62. The summed E-state index contributed by atoms with van der Waals surface area (Å²) in [5.41, 5.74) is 0.360. The van der Waals surface area contributed by atoms with Gasteiger partial charge in [0.2, 0.25) is 0 Å². The zero-order valence-corrected chi connectivity index (χ0v) is 5.34. The summed E-state index contributed by atoms with van der Waals surface area (Å²) < 4.78 is 0. The third-order valence-corrected chi connectivity index (χ3v) is 1.33. The van der Waals surface area contributed by atoms with Crippen LogP contribution in [0.3, 0.4) is 0 Å². The van der Waals surface area contributed by atoms with Gasteiger partial charge in [-0.3, -0.25) is 0 Å². The smallest absolute Gasteiger partial charge is 0.109 e. The molecule has 0 spiro atoms. The maximum absolute atomic E-state index is 8.25. The van der Waals surface area contributed by atoms with E-state index in [2.05, 4.69) is 11.2 Å². The Bertz CT molecular complexity index is 183. The monoisotopic (exact) mass is 142 g/mol. The lowest BCUT2D eigenvalue weighted by Gasteiger charge is -2.02. The molecule has 2 nitrogen and oxygen atoms in total. The first-order chi connectivity index (χ1) is 4.34. The van der Waals surface area contributed by atoms with Gasteiger partial charge in [0.15, 0.2) is 0 Å². The van der Waals surface area contributed by atoms with Crippen LogP contribution in [0.4, 0.5) is 0 Å². The lowest BCUT2D eigenvalue weighted by Crippen LogP contribution is -2.11. The van der Waals surface area contributed by atoms with Gasteiger partial charge in [-0.1, -0.05) is 23.4 Å².